The fourth-order valence-electron chi connectivity index (χ4n) is 5.11. The molecule has 3 atom stereocenters. The van der Waals surface area contributed by atoms with Gasteiger partial charge in [-0.1, -0.05) is 44.2 Å². The highest BCUT2D eigenvalue weighted by atomic mass is 16.8. The third-order valence-corrected chi connectivity index (χ3v) is 6.77. The van der Waals surface area contributed by atoms with Crippen LogP contribution in [0.2, 0.25) is 0 Å². The molecule has 5 rings (SSSR count). The molecule has 0 aliphatic carbocycles. The Morgan fingerprint density at radius 1 is 1.18 bits per heavy atom. The molecule has 8 heteroatoms. The molecule has 2 unspecified atom stereocenters. The lowest BCUT2D eigenvalue weighted by Crippen LogP contribution is -2.99. The van der Waals surface area contributed by atoms with E-state index >= 15 is 0 Å². The van der Waals surface area contributed by atoms with Gasteiger partial charge in [0, 0.05) is 41.7 Å². The normalized spacial score (nSPS) is 21.5. The Bertz CT molecular complexity index is 1220. The fourth-order valence-corrected chi connectivity index (χ4v) is 5.11. The van der Waals surface area contributed by atoms with E-state index in [0.29, 0.717) is 24.4 Å². The van der Waals surface area contributed by atoms with Gasteiger partial charge in [-0.3, -0.25) is 9.59 Å². The maximum Gasteiger partial charge on any atom is 0.246 e. The molecular formula is C25H28N4O4. The molecular weight excluding hydrogens is 420 g/mol. The van der Waals surface area contributed by atoms with E-state index in [4.69, 9.17) is 0 Å². The third kappa shape index (κ3) is 3.70. The van der Waals surface area contributed by atoms with Crippen LogP contribution in [0.15, 0.2) is 48.5 Å². The summed E-state index contributed by atoms with van der Waals surface area (Å²) in [6.45, 7) is 4.82. The molecule has 33 heavy (non-hydrogen) atoms. The lowest BCUT2D eigenvalue weighted by molar-refractivity contribution is -0.991. The zero-order valence-corrected chi connectivity index (χ0v) is 18.7. The number of nitrogens with one attached hydrogen (secondary N) is 2. The van der Waals surface area contributed by atoms with Crippen molar-refractivity contribution in [2.75, 3.05) is 13.1 Å². The number of amides is 2. The summed E-state index contributed by atoms with van der Waals surface area (Å²) in [5.41, 5.74) is 3.65. The lowest BCUT2D eigenvalue weighted by atomic mass is 9.86. The standard InChI is InChI=1S/C25H28N4O4/c1-15(2)10-11-27-14-22(30)28-21(25(27)31)13-19-18-8-3-4-9-20(18)26-23(19)24(28)16-6-5-7-17(12-16)29(32)33/h3-9,12,15,21,24,26,29,32H,10-11,13-14H2,1-2H3/t21-,24?/m0/s1. The minimum Gasteiger partial charge on any atom is -0.595 e. The van der Waals surface area contributed by atoms with Gasteiger partial charge in [-0.25, -0.2) is 5.21 Å². The van der Waals surface area contributed by atoms with Crippen LogP contribution in [0.4, 0.5) is 5.69 Å². The topological polar surface area (TPSA) is 104 Å². The van der Waals surface area contributed by atoms with E-state index < -0.39 is 17.3 Å². The molecule has 3 N–H and O–H groups in total. The Kier molecular flexibility index (Phi) is 5.44. The van der Waals surface area contributed by atoms with Crippen LogP contribution in [0, 0.1) is 11.1 Å². The van der Waals surface area contributed by atoms with Crippen molar-refractivity contribution in [3.8, 4) is 0 Å². The van der Waals surface area contributed by atoms with Crippen molar-refractivity contribution in [2.24, 2.45) is 5.92 Å². The van der Waals surface area contributed by atoms with E-state index in [1.54, 1.807) is 21.9 Å². The van der Waals surface area contributed by atoms with Gasteiger partial charge in [-0.05, 0) is 29.5 Å². The number of hydrogen-bond acceptors (Lipinski definition) is 4. The molecule has 2 aromatic carbocycles. The highest BCUT2D eigenvalue weighted by molar-refractivity contribution is 5.97. The first-order valence-electron chi connectivity index (χ1n) is 11.4. The first-order valence-corrected chi connectivity index (χ1v) is 11.4. The number of para-hydroxylation sites is 1. The summed E-state index contributed by atoms with van der Waals surface area (Å²) in [5.74, 6) is 0.285. The van der Waals surface area contributed by atoms with Gasteiger partial charge < -0.3 is 20.0 Å². The van der Waals surface area contributed by atoms with Crippen LogP contribution in [-0.2, 0) is 16.0 Å². The quantitative estimate of drug-likeness (QED) is 0.521. The Morgan fingerprint density at radius 2 is 1.97 bits per heavy atom. The van der Waals surface area contributed by atoms with E-state index in [0.717, 1.165) is 28.6 Å². The maximum atomic E-state index is 13.6. The van der Waals surface area contributed by atoms with Gasteiger partial charge in [-0.15, -0.1) is 0 Å². The summed E-state index contributed by atoms with van der Waals surface area (Å²) >= 11 is 0. The van der Waals surface area contributed by atoms with Gasteiger partial charge in [0.1, 0.15) is 6.04 Å². The molecule has 2 amide bonds. The predicted molar refractivity (Wildman–Crippen MR) is 123 cm³/mol. The van der Waals surface area contributed by atoms with E-state index in [9.17, 15) is 20.0 Å². The van der Waals surface area contributed by atoms with Crippen LogP contribution in [0.1, 0.15) is 43.1 Å². The van der Waals surface area contributed by atoms with E-state index in [1.165, 1.54) is 6.07 Å². The second kappa shape index (κ2) is 8.30. The van der Waals surface area contributed by atoms with Crippen molar-refractivity contribution in [3.05, 3.63) is 70.6 Å². The third-order valence-electron chi connectivity index (χ3n) is 6.77. The van der Waals surface area contributed by atoms with Gasteiger partial charge in [0.2, 0.25) is 11.8 Å². The number of hydrogen-bond donors (Lipinski definition) is 3. The summed E-state index contributed by atoms with van der Waals surface area (Å²) in [6.07, 6.45) is 1.28. The summed E-state index contributed by atoms with van der Waals surface area (Å²) in [7, 11) is 0. The van der Waals surface area contributed by atoms with Crippen LogP contribution in [-0.4, -0.2) is 50.9 Å². The summed E-state index contributed by atoms with van der Waals surface area (Å²) in [6, 6.07) is 13.4. The number of aromatic nitrogens is 1. The summed E-state index contributed by atoms with van der Waals surface area (Å²) < 4.78 is 0. The van der Waals surface area contributed by atoms with Crippen LogP contribution in [0.5, 0.6) is 0 Å². The molecule has 2 aliphatic rings. The minimum atomic E-state index is -1.03. The summed E-state index contributed by atoms with van der Waals surface area (Å²) in [5, 5.41) is 21.2. The van der Waals surface area contributed by atoms with E-state index in [-0.39, 0.29) is 24.0 Å². The maximum absolute atomic E-state index is 13.6. The van der Waals surface area contributed by atoms with E-state index in [1.807, 2.05) is 30.3 Å². The Balaban J connectivity index is 1.64. The number of nitrogens with zero attached hydrogens (tertiary/aromatic N) is 2. The number of piperazine rings is 1. The van der Waals surface area contributed by atoms with Crippen molar-refractivity contribution < 1.29 is 20.0 Å². The fraction of sp³-hybridized carbons (Fsp3) is 0.360. The van der Waals surface area contributed by atoms with E-state index in [2.05, 4.69) is 18.8 Å². The SMILES string of the molecule is CC(C)CCN1CC(=O)N2C(c3cccc([NH+]([O-])O)c3)c3[nH]c4ccccc4c3C[C@H]2C1=O. The Labute approximate surface area is 191 Å². The molecule has 3 aromatic rings. The molecule has 1 saturated heterocycles. The van der Waals surface area contributed by atoms with Crippen molar-refractivity contribution in [2.45, 2.75) is 38.8 Å². The first-order chi connectivity index (χ1) is 15.8. The van der Waals surface area contributed by atoms with Gasteiger partial charge in [-0.2, -0.15) is 5.23 Å². The van der Waals surface area contributed by atoms with Gasteiger partial charge in [0.15, 0.2) is 5.69 Å². The first kappa shape index (κ1) is 21.6. The molecule has 0 bridgehead atoms. The summed E-state index contributed by atoms with van der Waals surface area (Å²) in [4.78, 5) is 33.9. The zero-order valence-electron chi connectivity index (χ0n) is 18.7. The number of fused-ring (bicyclic) bond motifs is 4. The van der Waals surface area contributed by atoms with Crippen molar-refractivity contribution in [1.29, 1.82) is 0 Å². The van der Waals surface area contributed by atoms with Gasteiger partial charge >= 0.3 is 0 Å². The van der Waals surface area contributed by atoms with Crippen molar-refractivity contribution in [1.82, 2.24) is 14.8 Å². The van der Waals surface area contributed by atoms with Crippen molar-refractivity contribution in [3.63, 3.8) is 0 Å². The molecule has 0 saturated carbocycles. The number of aromatic amines is 1. The van der Waals surface area contributed by atoms with Gasteiger partial charge in [0.25, 0.3) is 0 Å². The zero-order chi connectivity index (χ0) is 23.3. The lowest BCUT2D eigenvalue weighted by Gasteiger charge is -2.47. The number of carbonyl (C=O) groups is 2. The van der Waals surface area contributed by atoms with Gasteiger partial charge in [0.05, 0.1) is 12.6 Å². The highest BCUT2D eigenvalue weighted by Gasteiger charge is 2.48. The molecule has 172 valence electrons. The number of benzene rings is 2. The average Bonchev–Trinajstić information content (AvgIpc) is 3.17. The smallest absolute Gasteiger partial charge is 0.246 e. The monoisotopic (exact) mass is 448 g/mol. The average molecular weight is 449 g/mol. The Morgan fingerprint density at radius 3 is 2.73 bits per heavy atom. The molecule has 1 fully saturated rings. The molecule has 8 nitrogen and oxygen atoms in total. The van der Waals surface area contributed by atoms with Crippen LogP contribution in [0.25, 0.3) is 10.9 Å². The number of H-pyrrole nitrogens is 1. The Hall–Kier alpha value is -3.20. The highest BCUT2D eigenvalue weighted by Crippen LogP contribution is 2.42. The minimum absolute atomic E-state index is 0.0365. The molecule has 2 aliphatic heterocycles. The second-order valence-corrected chi connectivity index (χ2v) is 9.36. The number of rotatable bonds is 5. The van der Waals surface area contributed by atoms with Crippen molar-refractivity contribution >= 4 is 28.4 Å². The van der Waals surface area contributed by atoms with Crippen LogP contribution in [0.3, 0.4) is 0 Å². The predicted octanol–water partition coefficient (Wildman–Crippen LogP) is 2.30. The van der Waals surface area contributed by atoms with Crippen LogP contribution >= 0.6 is 0 Å². The molecule has 0 spiro atoms. The largest absolute Gasteiger partial charge is 0.595 e. The molecule has 3 heterocycles. The second-order valence-electron chi connectivity index (χ2n) is 9.36. The molecule has 0 radical (unpaired) electrons. The number of carbonyl (C=O) groups excluding carboxylic acids is 2. The number of quaternary nitrogens is 1. The molecule has 1 aromatic heterocycles. The van der Waals surface area contributed by atoms with Crippen LogP contribution < -0.4 is 5.23 Å².